The van der Waals surface area contributed by atoms with Gasteiger partial charge in [-0.2, -0.15) is 0 Å². The highest BCUT2D eigenvalue weighted by atomic mass is 16.4. The van der Waals surface area contributed by atoms with Crippen molar-refractivity contribution in [1.82, 2.24) is 0 Å². The van der Waals surface area contributed by atoms with Crippen molar-refractivity contribution in [2.75, 3.05) is 26.2 Å². The average molecular weight is 639 g/mol. The van der Waals surface area contributed by atoms with Gasteiger partial charge in [0.05, 0.1) is 26.2 Å². The second-order valence-electron chi connectivity index (χ2n) is 13.5. The Hall–Kier alpha value is -1.89. The van der Waals surface area contributed by atoms with Crippen LogP contribution < -0.4 is 0 Å². The molecule has 0 rings (SSSR count). The van der Waals surface area contributed by atoms with E-state index in [-0.39, 0.29) is 19.3 Å². The molecule has 0 aromatic carbocycles. The molecule has 0 heterocycles. The summed E-state index contributed by atoms with van der Waals surface area (Å²) >= 11 is 0. The standard InChI is InChI=1S/C38H71NO6/c1-2-3-4-5-6-7-8-9-10-11-12-13-14-15-16-17-18-19-20-21-25-32-39(33-26-22-29-36(40)41,34-27-23-30-37(42)43)35-28-24-31-38(44)45/h20-21H,2-19,22-35H2,1H3,(H2-,40,41,42,43,44,45)/p+1/b21-20+. The van der Waals surface area contributed by atoms with E-state index in [1.165, 1.54) is 109 Å². The smallest absolute Gasteiger partial charge is 0.303 e. The third kappa shape index (κ3) is 31.9. The van der Waals surface area contributed by atoms with Crippen LogP contribution in [0.15, 0.2) is 12.2 Å². The molecule has 0 radical (unpaired) electrons. The molecule has 0 amide bonds. The number of aliphatic carboxylic acids is 3. The fourth-order valence-corrected chi connectivity index (χ4v) is 6.41. The Balaban J connectivity index is 4.25. The van der Waals surface area contributed by atoms with Crippen molar-refractivity contribution in [1.29, 1.82) is 0 Å². The van der Waals surface area contributed by atoms with Gasteiger partial charge in [-0.05, 0) is 51.4 Å². The normalized spacial score (nSPS) is 11.8. The van der Waals surface area contributed by atoms with Crippen molar-refractivity contribution >= 4 is 17.9 Å². The number of carbonyl (C=O) groups is 3. The van der Waals surface area contributed by atoms with E-state index in [0.29, 0.717) is 19.3 Å². The first-order valence-corrected chi connectivity index (χ1v) is 19.0. The maximum absolute atomic E-state index is 11.0. The lowest BCUT2D eigenvalue weighted by Gasteiger charge is -2.39. The fraction of sp³-hybridized carbons (Fsp3) is 0.868. The van der Waals surface area contributed by atoms with Crippen LogP contribution in [0.2, 0.25) is 0 Å². The van der Waals surface area contributed by atoms with Gasteiger partial charge in [-0.1, -0.05) is 122 Å². The van der Waals surface area contributed by atoms with Gasteiger partial charge in [0.25, 0.3) is 0 Å². The zero-order valence-electron chi connectivity index (χ0n) is 29.3. The molecule has 0 aromatic heterocycles. The summed E-state index contributed by atoms with van der Waals surface area (Å²) in [6.45, 7) is 5.80. The first-order valence-electron chi connectivity index (χ1n) is 19.0. The Kier molecular flexibility index (Phi) is 30.7. The third-order valence-electron chi connectivity index (χ3n) is 9.23. The van der Waals surface area contributed by atoms with E-state index in [4.69, 9.17) is 15.3 Å². The van der Waals surface area contributed by atoms with E-state index in [2.05, 4.69) is 19.1 Å². The Morgan fingerprint density at radius 1 is 0.400 bits per heavy atom. The predicted octanol–water partition coefficient (Wildman–Crippen LogP) is 10.6. The molecule has 3 N–H and O–H groups in total. The van der Waals surface area contributed by atoms with Crippen molar-refractivity contribution < 1.29 is 34.2 Å². The maximum Gasteiger partial charge on any atom is 0.303 e. The molecule has 0 aromatic rings. The molecule has 45 heavy (non-hydrogen) atoms. The van der Waals surface area contributed by atoms with Crippen molar-refractivity contribution in [2.24, 2.45) is 0 Å². The number of unbranched alkanes of at least 4 members (excludes halogenated alkanes) is 20. The number of allylic oxidation sites excluding steroid dienone is 1. The van der Waals surface area contributed by atoms with Crippen LogP contribution >= 0.6 is 0 Å². The molecular formula is C38H72NO6+. The summed E-state index contributed by atoms with van der Waals surface area (Å²) < 4.78 is 0.822. The second kappa shape index (κ2) is 32.1. The van der Waals surface area contributed by atoms with Gasteiger partial charge in [0, 0.05) is 25.7 Å². The van der Waals surface area contributed by atoms with E-state index >= 15 is 0 Å². The molecule has 0 atom stereocenters. The molecule has 0 unspecified atom stereocenters. The fourth-order valence-electron chi connectivity index (χ4n) is 6.41. The van der Waals surface area contributed by atoms with Gasteiger partial charge in [-0.25, -0.2) is 0 Å². The predicted molar refractivity (Wildman–Crippen MR) is 187 cm³/mol. The second-order valence-corrected chi connectivity index (χ2v) is 13.5. The van der Waals surface area contributed by atoms with Crippen LogP contribution in [0, 0.1) is 0 Å². The summed E-state index contributed by atoms with van der Waals surface area (Å²) in [6.07, 6.45) is 35.0. The van der Waals surface area contributed by atoms with E-state index in [9.17, 15) is 14.4 Å². The number of carboxylic acids is 3. The number of rotatable bonds is 36. The number of nitrogens with zero attached hydrogens (tertiary/aromatic N) is 1. The van der Waals surface area contributed by atoms with Crippen molar-refractivity contribution in [3.8, 4) is 0 Å². The van der Waals surface area contributed by atoms with E-state index < -0.39 is 17.9 Å². The molecule has 264 valence electrons. The Bertz CT molecular complexity index is 683. The van der Waals surface area contributed by atoms with Gasteiger partial charge in [-0.15, -0.1) is 0 Å². The molecule has 0 aliphatic carbocycles. The van der Waals surface area contributed by atoms with E-state index in [0.717, 1.165) is 62.8 Å². The first-order chi connectivity index (χ1) is 21.8. The monoisotopic (exact) mass is 639 g/mol. The summed E-state index contributed by atoms with van der Waals surface area (Å²) in [4.78, 5) is 33.1. The minimum Gasteiger partial charge on any atom is -0.481 e. The Morgan fingerprint density at radius 3 is 1.04 bits per heavy atom. The van der Waals surface area contributed by atoms with Gasteiger partial charge in [0.2, 0.25) is 0 Å². The van der Waals surface area contributed by atoms with Crippen LogP contribution in [0.5, 0.6) is 0 Å². The van der Waals surface area contributed by atoms with Crippen molar-refractivity contribution in [3.63, 3.8) is 0 Å². The molecule has 0 spiro atoms. The zero-order chi connectivity index (χ0) is 33.3. The topological polar surface area (TPSA) is 112 Å². The number of hydrogen-bond donors (Lipinski definition) is 3. The summed E-state index contributed by atoms with van der Waals surface area (Å²) in [7, 11) is 0. The summed E-state index contributed by atoms with van der Waals surface area (Å²) in [6, 6.07) is 0. The van der Waals surface area contributed by atoms with Gasteiger partial charge in [0.15, 0.2) is 0 Å². The quantitative estimate of drug-likeness (QED) is 0.0358. The molecule has 0 aliphatic heterocycles. The van der Waals surface area contributed by atoms with Crippen LogP contribution in [0.25, 0.3) is 0 Å². The first kappa shape index (κ1) is 43.1. The van der Waals surface area contributed by atoms with Crippen molar-refractivity contribution in [2.45, 2.75) is 187 Å². The van der Waals surface area contributed by atoms with Crippen LogP contribution in [-0.4, -0.2) is 63.9 Å². The summed E-state index contributed by atoms with van der Waals surface area (Å²) in [5, 5.41) is 27.2. The molecule has 0 aliphatic rings. The van der Waals surface area contributed by atoms with Crippen LogP contribution in [0.4, 0.5) is 0 Å². The number of carboxylic acid groups (broad SMARTS) is 3. The SMILES string of the molecule is CCCCCCCCCCCCCCCCCCC/C=C/CC[N+](CCCCC(=O)O)(CCCCC(=O)O)CCCCC(=O)O. The van der Waals surface area contributed by atoms with Crippen LogP contribution in [-0.2, 0) is 14.4 Å². The van der Waals surface area contributed by atoms with E-state index in [1.807, 2.05) is 0 Å². The van der Waals surface area contributed by atoms with Gasteiger partial charge in [-0.3, -0.25) is 14.4 Å². The van der Waals surface area contributed by atoms with Crippen LogP contribution in [0.3, 0.4) is 0 Å². The minimum absolute atomic E-state index is 0.164. The molecule has 7 nitrogen and oxygen atoms in total. The molecule has 0 saturated heterocycles. The lowest BCUT2D eigenvalue weighted by Crippen LogP contribution is -2.50. The summed E-state index contributed by atoms with van der Waals surface area (Å²) in [5.74, 6) is -2.32. The van der Waals surface area contributed by atoms with E-state index in [1.54, 1.807) is 0 Å². The Labute approximate surface area is 276 Å². The summed E-state index contributed by atoms with van der Waals surface area (Å²) in [5.41, 5.74) is 0. The molecular weight excluding hydrogens is 566 g/mol. The lowest BCUT2D eigenvalue weighted by atomic mass is 10.0. The van der Waals surface area contributed by atoms with Gasteiger partial charge >= 0.3 is 17.9 Å². The number of quaternary nitrogens is 1. The largest absolute Gasteiger partial charge is 0.481 e. The van der Waals surface area contributed by atoms with Gasteiger partial charge < -0.3 is 19.8 Å². The molecule has 0 saturated carbocycles. The maximum atomic E-state index is 11.0. The molecule has 0 fully saturated rings. The molecule has 7 heteroatoms. The van der Waals surface area contributed by atoms with Crippen molar-refractivity contribution in [3.05, 3.63) is 12.2 Å². The van der Waals surface area contributed by atoms with Gasteiger partial charge in [0.1, 0.15) is 0 Å². The minimum atomic E-state index is -0.775. The Morgan fingerprint density at radius 2 is 0.711 bits per heavy atom. The zero-order valence-corrected chi connectivity index (χ0v) is 29.3. The number of hydrogen-bond acceptors (Lipinski definition) is 3. The third-order valence-corrected chi connectivity index (χ3v) is 9.23. The van der Waals surface area contributed by atoms with Crippen LogP contribution in [0.1, 0.15) is 187 Å². The highest BCUT2D eigenvalue weighted by molar-refractivity contribution is 5.67. The highest BCUT2D eigenvalue weighted by Gasteiger charge is 2.26. The molecule has 0 bridgehead atoms. The average Bonchev–Trinajstić information content (AvgIpc) is 3.00. The highest BCUT2D eigenvalue weighted by Crippen LogP contribution is 2.19. The lowest BCUT2D eigenvalue weighted by molar-refractivity contribution is -0.928.